The molecule has 1 aromatic carbocycles. The van der Waals surface area contributed by atoms with Crippen LogP contribution < -0.4 is 0 Å². The Bertz CT molecular complexity index is 558. The van der Waals surface area contributed by atoms with Gasteiger partial charge in [0.15, 0.2) is 0 Å². The van der Waals surface area contributed by atoms with Crippen LogP contribution in [0.25, 0.3) is 0 Å². The summed E-state index contributed by atoms with van der Waals surface area (Å²) in [7, 11) is 0. The molecule has 1 N–H and O–H groups in total. The smallest absolute Gasteiger partial charge is 0.309 e. The third kappa shape index (κ3) is 20.1. The van der Waals surface area contributed by atoms with Gasteiger partial charge in [0.1, 0.15) is 0 Å². The molecule has 1 rings (SSSR count). The molecule has 0 saturated heterocycles. The van der Waals surface area contributed by atoms with Crippen molar-refractivity contribution >= 4 is 0 Å². The van der Waals surface area contributed by atoms with Crippen LogP contribution >= 0.6 is 0 Å². The summed E-state index contributed by atoms with van der Waals surface area (Å²) in [5.41, 5.74) is 0.692. The van der Waals surface area contributed by atoms with Crippen molar-refractivity contribution in [1.82, 2.24) is 0 Å². The van der Waals surface area contributed by atoms with Gasteiger partial charge in [0.25, 0.3) is 0 Å². The van der Waals surface area contributed by atoms with Crippen molar-refractivity contribution in [1.29, 1.82) is 0 Å². The van der Waals surface area contributed by atoms with Gasteiger partial charge in [-0.3, -0.25) is 0 Å². The Morgan fingerprint density at radius 3 is 1.05 bits per heavy atom. The van der Waals surface area contributed by atoms with Crippen molar-refractivity contribution in [3.05, 3.63) is 35.9 Å². The number of hydrogen-bond donors (Lipinski definition) is 1. The van der Waals surface area contributed by atoms with E-state index in [2.05, 4.69) is 13.8 Å². The molecule has 0 amide bonds. The normalized spacial score (nSPS) is 11.9. The van der Waals surface area contributed by atoms with Crippen molar-refractivity contribution in [2.75, 3.05) is 13.2 Å². The maximum atomic E-state index is 11.2. The minimum atomic E-state index is -1.63. The predicted octanol–water partition coefficient (Wildman–Crippen LogP) is 11.2. The zero-order chi connectivity index (χ0) is 27.4. The Labute approximate surface area is 237 Å². The molecule has 0 radical (unpaired) electrons. The fourth-order valence-corrected chi connectivity index (χ4v) is 5.16. The molecule has 0 heterocycles. The second kappa shape index (κ2) is 26.3. The molecule has 1 aromatic rings. The molecule has 0 saturated carbocycles. The molecule has 38 heavy (non-hydrogen) atoms. The molecule has 3 heteroatoms. The maximum absolute atomic E-state index is 11.2. The molecule has 0 fully saturated rings. The van der Waals surface area contributed by atoms with Gasteiger partial charge in [0, 0.05) is 5.56 Å². The fraction of sp³-hybridized carbons (Fsp3) is 0.829. The highest BCUT2D eigenvalue weighted by molar-refractivity contribution is 5.18. The zero-order valence-electron chi connectivity index (χ0n) is 25.5. The molecule has 0 aliphatic carbocycles. The number of ether oxygens (including phenoxy) is 2. The van der Waals surface area contributed by atoms with Gasteiger partial charge in [0.05, 0.1) is 13.2 Å². The van der Waals surface area contributed by atoms with Crippen LogP contribution in [0.4, 0.5) is 0 Å². The van der Waals surface area contributed by atoms with E-state index < -0.39 is 5.97 Å². The first kappa shape index (κ1) is 35.1. The van der Waals surface area contributed by atoms with E-state index >= 15 is 0 Å². The quantitative estimate of drug-likeness (QED) is 0.0823. The van der Waals surface area contributed by atoms with Crippen LogP contribution in [0.15, 0.2) is 30.3 Å². The Kier molecular flexibility index (Phi) is 24.3. The van der Waals surface area contributed by atoms with E-state index in [1.54, 1.807) is 0 Å². The van der Waals surface area contributed by atoms with Crippen LogP contribution in [0.5, 0.6) is 0 Å². The highest BCUT2D eigenvalue weighted by atomic mass is 16.8. The van der Waals surface area contributed by atoms with Gasteiger partial charge in [0.2, 0.25) is 0 Å². The lowest BCUT2D eigenvalue weighted by atomic mass is 10.1. The molecule has 222 valence electrons. The first-order valence-electron chi connectivity index (χ1n) is 16.8. The van der Waals surface area contributed by atoms with Gasteiger partial charge in [-0.25, -0.2) is 0 Å². The standard InChI is InChI=1S/C35H64O3/c1-3-5-7-9-11-13-15-17-19-21-23-28-32-37-35(36,34-30-26-25-27-31-34)38-33-29-24-22-20-18-16-14-12-10-8-6-4-2/h25-27,30-31,36H,3-24,28-29,32-33H2,1-2H3. The summed E-state index contributed by atoms with van der Waals surface area (Å²) < 4.78 is 11.9. The van der Waals surface area contributed by atoms with Gasteiger partial charge in [-0.15, -0.1) is 0 Å². The molecule has 0 spiro atoms. The van der Waals surface area contributed by atoms with Crippen LogP contribution in [0.3, 0.4) is 0 Å². The second-order valence-corrected chi connectivity index (χ2v) is 11.4. The van der Waals surface area contributed by atoms with Crippen molar-refractivity contribution in [3.8, 4) is 0 Å². The van der Waals surface area contributed by atoms with E-state index in [1.165, 1.54) is 128 Å². The van der Waals surface area contributed by atoms with Crippen molar-refractivity contribution in [3.63, 3.8) is 0 Å². The Hall–Kier alpha value is -0.900. The van der Waals surface area contributed by atoms with Gasteiger partial charge >= 0.3 is 5.97 Å². The summed E-state index contributed by atoms with van der Waals surface area (Å²) in [6.07, 6.45) is 31.5. The summed E-state index contributed by atoms with van der Waals surface area (Å²) in [6.45, 7) is 5.62. The van der Waals surface area contributed by atoms with Crippen molar-refractivity contribution in [2.45, 2.75) is 174 Å². The largest absolute Gasteiger partial charge is 0.339 e. The molecule has 0 aliphatic heterocycles. The Morgan fingerprint density at radius 2 is 0.737 bits per heavy atom. The predicted molar refractivity (Wildman–Crippen MR) is 164 cm³/mol. The van der Waals surface area contributed by atoms with Gasteiger partial charge in [-0.1, -0.05) is 185 Å². The summed E-state index contributed by atoms with van der Waals surface area (Å²) in [5, 5.41) is 11.2. The zero-order valence-corrected chi connectivity index (χ0v) is 25.5. The van der Waals surface area contributed by atoms with E-state index in [0.29, 0.717) is 18.8 Å². The molecule has 0 atom stereocenters. The molecule has 0 aliphatic rings. The molecule has 0 aromatic heterocycles. The third-order valence-electron chi connectivity index (χ3n) is 7.73. The molecule has 0 unspecified atom stereocenters. The highest BCUT2D eigenvalue weighted by Crippen LogP contribution is 2.25. The van der Waals surface area contributed by atoms with Crippen molar-refractivity contribution < 1.29 is 14.6 Å². The molecular formula is C35H64O3. The molecule has 3 nitrogen and oxygen atoms in total. The van der Waals surface area contributed by atoms with E-state index in [4.69, 9.17) is 9.47 Å². The van der Waals surface area contributed by atoms with E-state index in [-0.39, 0.29) is 0 Å². The maximum Gasteiger partial charge on any atom is 0.309 e. The summed E-state index contributed by atoms with van der Waals surface area (Å²) in [5.74, 6) is -1.63. The number of benzene rings is 1. The monoisotopic (exact) mass is 532 g/mol. The highest BCUT2D eigenvalue weighted by Gasteiger charge is 2.31. The number of rotatable bonds is 29. The SMILES string of the molecule is CCCCCCCCCCCCCCOC(O)(OCCCCCCCCCCCCCC)c1ccccc1. The van der Waals surface area contributed by atoms with Gasteiger partial charge in [-0.2, -0.15) is 0 Å². The Morgan fingerprint density at radius 1 is 0.447 bits per heavy atom. The van der Waals surface area contributed by atoms with Crippen LogP contribution in [0, 0.1) is 0 Å². The number of hydrogen-bond acceptors (Lipinski definition) is 3. The van der Waals surface area contributed by atoms with Crippen LogP contribution in [0.1, 0.15) is 174 Å². The number of unbranched alkanes of at least 4 members (excludes halogenated alkanes) is 22. The average molecular weight is 533 g/mol. The minimum absolute atomic E-state index is 0.529. The van der Waals surface area contributed by atoms with Crippen molar-refractivity contribution in [2.24, 2.45) is 0 Å². The van der Waals surface area contributed by atoms with Gasteiger partial charge in [-0.05, 0) is 12.8 Å². The lowest BCUT2D eigenvalue weighted by molar-refractivity contribution is -0.373. The first-order valence-corrected chi connectivity index (χ1v) is 16.8. The lowest BCUT2D eigenvalue weighted by Crippen LogP contribution is -2.33. The minimum Gasteiger partial charge on any atom is -0.339 e. The van der Waals surface area contributed by atoms with E-state index in [9.17, 15) is 5.11 Å². The topological polar surface area (TPSA) is 38.7 Å². The lowest BCUT2D eigenvalue weighted by Gasteiger charge is -2.28. The second-order valence-electron chi connectivity index (χ2n) is 11.4. The summed E-state index contributed by atoms with van der Waals surface area (Å²) in [4.78, 5) is 0. The van der Waals surface area contributed by atoms with Crippen LogP contribution in [0.2, 0.25) is 0 Å². The first-order chi connectivity index (χ1) is 18.7. The molecule has 0 bridgehead atoms. The summed E-state index contributed by atoms with van der Waals surface area (Å²) >= 11 is 0. The van der Waals surface area contributed by atoms with E-state index in [0.717, 1.165) is 25.7 Å². The summed E-state index contributed by atoms with van der Waals surface area (Å²) in [6, 6.07) is 9.61. The van der Waals surface area contributed by atoms with Crippen LogP contribution in [-0.4, -0.2) is 18.3 Å². The van der Waals surface area contributed by atoms with Crippen LogP contribution in [-0.2, 0) is 15.4 Å². The fourth-order valence-electron chi connectivity index (χ4n) is 5.16. The average Bonchev–Trinajstić information content (AvgIpc) is 2.94. The Balaban J connectivity index is 2.10. The van der Waals surface area contributed by atoms with Gasteiger partial charge < -0.3 is 14.6 Å². The third-order valence-corrected chi connectivity index (χ3v) is 7.73. The van der Waals surface area contributed by atoms with E-state index in [1.807, 2.05) is 30.3 Å². The number of aliphatic hydroxyl groups is 1. The molecular weight excluding hydrogens is 468 g/mol.